The van der Waals surface area contributed by atoms with E-state index in [1.807, 2.05) is 23.1 Å². The summed E-state index contributed by atoms with van der Waals surface area (Å²) in [5.41, 5.74) is 2.34. The lowest BCUT2D eigenvalue weighted by molar-refractivity contribution is 0.0774. The number of aryl methyl sites for hydroxylation is 1. The average Bonchev–Trinajstić information content (AvgIpc) is 3.19. The highest BCUT2D eigenvalue weighted by Crippen LogP contribution is 2.39. The number of aromatic amines is 1. The van der Waals surface area contributed by atoms with E-state index < -0.39 is 0 Å². The molecular formula is C17H22N4O2. The van der Waals surface area contributed by atoms with Crippen LogP contribution in [-0.2, 0) is 7.05 Å². The fourth-order valence-corrected chi connectivity index (χ4v) is 4.14. The molecule has 4 rings (SSSR count). The third-order valence-corrected chi connectivity index (χ3v) is 5.51. The number of hydrogen-bond donors (Lipinski definition) is 1. The first kappa shape index (κ1) is 14.5. The first-order valence-electron chi connectivity index (χ1n) is 8.14. The molecule has 6 nitrogen and oxygen atoms in total. The number of carbonyl (C=O) groups is 1. The van der Waals surface area contributed by atoms with Crippen LogP contribution >= 0.6 is 0 Å². The van der Waals surface area contributed by atoms with Crippen LogP contribution in [0, 0.1) is 5.41 Å². The van der Waals surface area contributed by atoms with E-state index in [1.54, 1.807) is 11.6 Å². The molecule has 122 valence electrons. The second kappa shape index (κ2) is 4.96. The number of rotatable bonds is 1. The molecule has 2 fully saturated rings. The number of hydrogen-bond acceptors (Lipinski definition) is 3. The normalized spacial score (nSPS) is 25.0. The molecule has 23 heavy (non-hydrogen) atoms. The van der Waals surface area contributed by atoms with Crippen molar-refractivity contribution in [2.24, 2.45) is 12.5 Å². The van der Waals surface area contributed by atoms with Gasteiger partial charge in [-0.1, -0.05) is 0 Å². The molecule has 0 bridgehead atoms. The minimum atomic E-state index is -0.154. The molecule has 1 N–H and O–H groups in total. The third kappa shape index (κ3) is 2.28. The van der Waals surface area contributed by atoms with E-state index in [9.17, 15) is 9.59 Å². The molecule has 6 heteroatoms. The Morgan fingerprint density at radius 3 is 2.70 bits per heavy atom. The highest BCUT2D eigenvalue weighted by molar-refractivity contribution is 5.97. The van der Waals surface area contributed by atoms with E-state index in [0.29, 0.717) is 5.56 Å². The maximum Gasteiger partial charge on any atom is 0.326 e. The zero-order valence-electron chi connectivity index (χ0n) is 13.6. The number of nitrogens with zero attached hydrogens (tertiary/aromatic N) is 3. The number of carbonyl (C=O) groups excluding carboxylic acids is 1. The Bertz CT molecular complexity index is 837. The van der Waals surface area contributed by atoms with Gasteiger partial charge in [0.1, 0.15) is 0 Å². The van der Waals surface area contributed by atoms with Crippen LogP contribution in [-0.4, -0.2) is 58.5 Å². The predicted octanol–water partition coefficient (Wildman–Crippen LogP) is 1.03. The largest absolute Gasteiger partial charge is 0.338 e. The van der Waals surface area contributed by atoms with E-state index in [0.717, 1.165) is 43.6 Å². The summed E-state index contributed by atoms with van der Waals surface area (Å²) < 4.78 is 1.55. The van der Waals surface area contributed by atoms with Crippen molar-refractivity contribution < 1.29 is 4.79 Å². The van der Waals surface area contributed by atoms with Crippen LogP contribution < -0.4 is 5.69 Å². The summed E-state index contributed by atoms with van der Waals surface area (Å²) in [5.74, 6) is 0.0759. The molecule has 2 aliphatic heterocycles. The zero-order valence-corrected chi connectivity index (χ0v) is 13.6. The number of fused-ring (bicyclic) bond motifs is 1. The minimum Gasteiger partial charge on any atom is -0.338 e. The Balaban J connectivity index is 1.60. The van der Waals surface area contributed by atoms with Crippen LogP contribution in [0.3, 0.4) is 0 Å². The van der Waals surface area contributed by atoms with Gasteiger partial charge < -0.3 is 14.8 Å². The second-order valence-corrected chi connectivity index (χ2v) is 7.19. The van der Waals surface area contributed by atoms with Crippen LogP contribution in [0.1, 0.15) is 23.2 Å². The first-order valence-corrected chi connectivity index (χ1v) is 8.14. The molecule has 0 saturated carbocycles. The minimum absolute atomic E-state index is 0.0759. The number of imidazole rings is 1. The van der Waals surface area contributed by atoms with E-state index in [-0.39, 0.29) is 17.0 Å². The van der Waals surface area contributed by atoms with Gasteiger partial charge in [-0.25, -0.2) is 4.79 Å². The van der Waals surface area contributed by atoms with Gasteiger partial charge in [-0.15, -0.1) is 0 Å². The molecule has 0 radical (unpaired) electrons. The summed E-state index contributed by atoms with van der Waals surface area (Å²) in [6, 6.07) is 5.45. The SMILES string of the molecule is CN1CCC2(CCN(C(=O)c3ccc4[nH]c(=O)n(C)c4c3)C2)C1. The van der Waals surface area contributed by atoms with Crippen molar-refractivity contribution in [3.63, 3.8) is 0 Å². The molecule has 0 aliphatic carbocycles. The molecule has 1 aromatic carbocycles. The lowest BCUT2D eigenvalue weighted by Gasteiger charge is -2.23. The maximum atomic E-state index is 12.8. The van der Waals surface area contributed by atoms with Crippen molar-refractivity contribution in [1.29, 1.82) is 0 Å². The summed E-state index contributed by atoms with van der Waals surface area (Å²) in [7, 11) is 3.87. The summed E-state index contributed by atoms with van der Waals surface area (Å²) in [6.07, 6.45) is 2.27. The molecule has 1 aromatic heterocycles. The quantitative estimate of drug-likeness (QED) is 0.855. The highest BCUT2D eigenvalue weighted by atomic mass is 16.2. The van der Waals surface area contributed by atoms with Gasteiger partial charge in [-0.05, 0) is 44.6 Å². The first-order chi connectivity index (χ1) is 11.0. The number of nitrogens with one attached hydrogen (secondary N) is 1. The monoisotopic (exact) mass is 314 g/mol. The van der Waals surface area contributed by atoms with Crippen LogP contribution in [0.15, 0.2) is 23.0 Å². The van der Waals surface area contributed by atoms with Crippen molar-refractivity contribution in [2.75, 3.05) is 33.2 Å². The van der Waals surface area contributed by atoms with Crippen LogP contribution in [0.25, 0.3) is 11.0 Å². The summed E-state index contributed by atoms with van der Waals surface area (Å²) >= 11 is 0. The maximum absolute atomic E-state index is 12.8. The molecule has 2 aromatic rings. The smallest absolute Gasteiger partial charge is 0.326 e. The number of H-pyrrole nitrogens is 1. The van der Waals surface area contributed by atoms with Crippen molar-refractivity contribution in [3.8, 4) is 0 Å². The van der Waals surface area contributed by atoms with E-state index in [2.05, 4.69) is 16.9 Å². The number of likely N-dealkylation sites (tertiary alicyclic amines) is 2. The van der Waals surface area contributed by atoms with E-state index >= 15 is 0 Å². The average molecular weight is 314 g/mol. The Labute approximate surface area is 134 Å². The molecular weight excluding hydrogens is 292 g/mol. The fraction of sp³-hybridized carbons (Fsp3) is 0.529. The van der Waals surface area contributed by atoms with E-state index in [4.69, 9.17) is 0 Å². The van der Waals surface area contributed by atoms with Gasteiger partial charge in [0, 0.05) is 37.7 Å². The Morgan fingerprint density at radius 2 is 1.96 bits per heavy atom. The fourth-order valence-electron chi connectivity index (χ4n) is 4.14. The molecule has 2 saturated heterocycles. The summed E-state index contributed by atoms with van der Waals surface area (Å²) in [6.45, 7) is 3.89. The molecule has 1 atom stereocenters. The summed E-state index contributed by atoms with van der Waals surface area (Å²) in [5, 5.41) is 0. The number of aromatic nitrogens is 2. The molecule has 3 heterocycles. The van der Waals surface area contributed by atoms with Crippen molar-refractivity contribution in [2.45, 2.75) is 12.8 Å². The van der Waals surface area contributed by atoms with E-state index in [1.165, 1.54) is 6.42 Å². The van der Waals surface area contributed by atoms with Gasteiger partial charge >= 0.3 is 5.69 Å². The molecule has 1 spiro atoms. The van der Waals surface area contributed by atoms with Gasteiger partial charge in [0.05, 0.1) is 11.0 Å². The summed E-state index contributed by atoms with van der Waals surface area (Å²) in [4.78, 5) is 31.6. The number of benzene rings is 1. The van der Waals surface area contributed by atoms with Gasteiger partial charge in [0.25, 0.3) is 5.91 Å². The molecule has 2 aliphatic rings. The van der Waals surface area contributed by atoms with Crippen molar-refractivity contribution in [3.05, 3.63) is 34.2 Å². The number of amides is 1. The van der Waals surface area contributed by atoms with Gasteiger partial charge in [-0.2, -0.15) is 0 Å². The highest BCUT2D eigenvalue weighted by Gasteiger charge is 2.43. The zero-order chi connectivity index (χ0) is 16.2. The Hall–Kier alpha value is -2.08. The van der Waals surface area contributed by atoms with Crippen molar-refractivity contribution in [1.82, 2.24) is 19.4 Å². The molecule has 1 amide bonds. The second-order valence-electron chi connectivity index (χ2n) is 7.19. The van der Waals surface area contributed by atoms with Gasteiger partial charge in [0.2, 0.25) is 0 Å². The third-order valence-electron chi connectivity index (χ3n) is 5.51. The topological polar surface area (TPSA) is 61.3 Å². The lowest BCUT2D eigenvalue weighted by Crippen LogP contribution is -2.33. The molecule has 1 unspecified atom stereocenters. The Morgan fingerprint density at radius 1 is 1.17 bits per heavy atom. The van der Waals surface area contributed by atoms with Crippen molar-refractivity contribution >= 4 is 16.9 Å². The van der Waals surface area contributed by atoms with Crippen LogP contribution in [0.5, 0.6) is 0 Å². The lowest BCUT2D eigenvalue weighted by atomic mass is 9.86. The van der Waals surface area contributed by atoms with Gasteiger partial charge in [-0.3, -0.25) is 9.36 Å². The van der Waals surface area contributed by atoms with Crippen LogP contribution in [0.2, 0.25) is 0 Å². The standard InChI is InChI=1S/C17H22N4O2/c1-19-7-5-17(10-19)6-8-21(11-17)15(22)12-3-4-13-14(9-12)20(2)16(23)18-13/h3-4,9H,5-8,10-11H2,1-2H3,(H,18,23). The van der Waals surface area contributed by atoms with Gasteiger partial charge in [0.15, 0.2) is 0 Å². The Kier molecular flexibility index (Phi) is 3.13. The van der Waals surface area contributed by atoms with Crippen LogP contribution in [0.4, 0.5) is 0 Å². The predicted molar refractivity (Wildman–Crippen MR) is 88.6 cm³/mol.